The first kappa shape index (κ1) is 17.7. The quantitative estimate of drug-likeness (QED) is 0.497. The third-order valence-electron chi connectivity index (χ3n) is 5.66. The van der Waals surface area contributed by atoms with Gasteiger partial charge in [0.25, 0.3) is 0 Å². The molecule has 0 spiro atoms. The fourth-order valence-corrected chi connectivity index (χ4v) is 3.81. The Hall–Kier alpha value is -2.13. The van der Waals surface area contributed by atoms with E-state index in [9.17, 15) is 5.11 Å². The Kier molecular flexibility index (Phi) is 4.46. The van der Waals surface area contributed by atoms with E-state index in [-0.39, 0.29) is 17.4 Å². The molecule has 0 amide bonds. The summed E-state index contributed by atoms with van der Waals surface area (Å²) in [5.41, 5.74) is 12.2. The van der Waals surface area contributed by atoms with Gasteiger partial charge >= 0.3 is 0 Å². The number of aliphatic hydroxyl groups is 1. The number of hydrogen-bond donors (Lipinski definition) is 2. The number of benzene rings is 2. The zero-order chi connectivity index (χ0) is 18.2. The van der Waals surface area contributed by atoms with Crippen LogP contribution in [0.5, 0.6) is 0 Å². The minimum Gasteiger partial charge on any atom is -0.392 e. The van der Waals surface area contributed by atoms with E-state index in [0.29, 0.717) is 0 Å². The van der Waals surface area contributed by atoms with Crippen molar-refractivity contribution in [3.63, 3.8) is 0 Å². The van der Waals surface area contributed by atoms with Gasteiger partial charge in [0.15, 0.2) is 0 Å². The van der Waals surface area contributed by atoms with Crippen LogP contribution in [0.2, 0.25) is 0 Å². The molecular weight excluding hydrogens is 308 g/mol. The van der Waals surface area contributed by atoms with Crippen molar-refractivity contribution >= 4 is 17.7 Å². The maximum Gasteiger partial charge on any atom is 0.240 e. The third kappa shape index (κ3) is 3.21. The van der Waals surface area contributed by atoms with E-state index < -0.39 is 0 Å². The molecule has 2 aromatic rings. The van der Waals surface area contributed by atoms with E-state index in [2.05, 4.69) is 45.9 Å². The van der Waals surface area contributed by atoms with Crippen LogP contribution in [0.3, 0.4) is 0 Å². The lowest BCUT2D eigenvalue weighted by Crippen LogP contribution is -2.34. The van der Waals surface area contributed by atoms with E-state index in [1.165, 1.54) is 24.0 Å². The topological polar surface area (TPSA) is 49.3 Å². The molecule has 132 valence electrons. The first-order chi connectivity index (χ1) is 11.8. The van der Waals surface area contributed by atoms with Crippen LogP contribution in [0.15, 0.2) is 42.5 Å². The Morgan fingerprint density at radius 2 is 1.48 bits per heavy atom. The highest BCUT2D eigenvalue weighted by Gasteiger charge is 2.37. The van der Waals surface area contributed by atoms with E-state index >= 15 is 0 Å². The van der Waals surface area contributed by atoms with Crippen LogP contribution in [-0.2, 0) is 17.4 Å². The smallest absolute Gasteiger partial charge is 0.240 e. The van der Waals surface area contributed by atoms with Crippen molar-refractivity contribution in [2.24, 2.45) is 5.73 Å². The molecule has 3 nitrogen and oxygen atoms in total. The maximum atomic E-state index is 9.23. The van der Waals surface area contributed by atoms with Crippen LogP contribution < -0.4 is 10.3 Å². The molecule has 2 aromatic carbocycles. The van der Waals surface area contributed by atoms with Gasteiger partial charge in [0.2, 0.25) is 6.34 Å². The first-order valence-corrected chi connectivity index (χ1v) is 8.98. The van der Waals surface area contributed by atoms with Crippen LogP contribution >= 0.6 is 0 Å². The summed E-state index contributed by atoms with van der Waals surface area (Å²) in [5.74, 6) is 0. The molecule has 0 fully saturated rings. The van der Waals surface area contributed by atoms with Gasteiger partial charge in [-0.05, 0) is 64.6 Å². The molecule has 0 saturated heterocycles. The van der Waals surface area contributed by atoms with Gasteiger partial charge in [-0.25, -0.2) is 0 Å². The number of nitrogens with zero attached hydrogens (tertiary/aromatic N) is 1. The predicted molar refractivity (Wildman–Crippen MR) is 106 cm³/mol. The zero-order valence-electron chi connectivity index (χ0n) is 15.7. The van der Waals surface area contributed by atoms with Crippen molar-refractivity contribution in [2.45, 2.75) is 58.0 Å². The Morgan fingerprint density at radius 3 is 2.04 bits per heavy atom. The van der Waals surface area contributed by atoms with Crippen molar-refractivity contribution in [2.75, 3.05) is 0 Å². The standard InChI is InChI=1S/C22H28N2O/c1-21(2)11-12-22(3,4)20-13-18(9-10-19(20)21)24(15-23)17-7-5-16(14-25)6-8-17/h5-10,13,15,23,25H,11-12,14H2,1-4H3/p+1. The Morgan fingerprint density at radius 1 is 0.920 bits per heavy atom. The monoisotopic (exact) mass is 337 g/mol. The normalized spacial score (nSPS) is 18.7. The summed E-state index contributed by atoms with van der Waals surface area (Å²) in [5, 5.41) is 9.23. The van der Waals surface area contributed by atoms with Crippen LogP contribution in [-0.4, -0.2) is 11.4 Å². The summed E-state index contributed by atoms with van der Waals surface area (Å²) >= 11 is 0. The molecule has 0 heterocycles. The van der Waals surface area contributed by atoms with Crippen LogP contribution in [0.1, 0.15) is 57.2 Å². The molecule has 0 atom stereocenters. The average Bonchev–Trinajstić information content (AvgIpc) is 2.60. The molecule has 0 radical (unpaired) electrons. The van der Waals surface area contributed by atoms with E-state index in [1.807, 2.05) is 28.8 Å². The molecule has 3 rings (SSSR count). The second-order valence-corrected chi connectivity index (χ2v) is 8.34. The fraction of sp³-hybridized carbons (Fsp3) is 0.409. The van der Waals surface area contributed by atoms with E-state index in [0.717, 1.165) is 16.9 Å². The maximum absolute atomic E-state index is 9.23. The lowest BCUT2D eigenvalue weighted by Gasteiger charge is -2.41. The molecule has 1 aliphatic carbocycles. The summed E-state index contributed by atoms with van der Waals surface area (Å²) in [4.78, 5) is 0. The summed E-state index contributed by atoms with van der Waals surface area (Å²) in [6.45, 7) is 9.38. The number of aliphatic hydroxyl groups excluding tert-OH is 1. The summed E-state index contributed by atoms with van der Waals surface area (Å²) in [6, 6.07) is 14.6. The molecule has 0 bridgehead atoms. The summed E-state index contributed by atoms with van der Waals surface area (Å²) in [6.07, 6.45) is 4.01. The molecule has 0 aliphatic heterocycles. The zero-order valence-corrected chi connectivity index (χ0v) is 15.7. The second kappa shape index (κ2) is 6.30. The molecule has 3 heteroatoms. The van der Waals surface area contributed by atoms with Gasteiger partial charge in [0.1, 0.15) is 11.4 Å². The van der Waals surface area contributed by atoms with Gasteiger partial charge in [0, 0.05) is 0 Å². The number of rotatable bonds is 3. The molecule has 1 aliphatic rings. The van der Waals surface area contributed by atoms with Gasteiger partial charge in [-0.3, -0.25) is 5.73 Å². The average molecular weight is 337 g/mol. The van der Waals surface area contributed by atoms with Gasteiger partial charge in [-0.15, -0.1) is 0 Å². The van der Waals surface area contributed by atoms with E-state index in [4.69, 9.17) is 5.73 Å². The summed E-state index contributed by atoms with van der Waals surface area (Å²) in [7, 11) is 0. The minimum absolute atomic E-state index is 0.0503. The van der Waals surface area contributed by atoms with E-state index in [1.54, 1.807) is 6.34 Å². The highest BCUT2D eigenvalue weighted by Crippen LogP contribution is 2.46. The van der Waals surface area contributed by atoms with Crippen molar-refractivity contribution in [1.29, 1.82) is 0 Å². The molecule has 0 unspecified atom stereocenters. The molecule has 25 heavy (non-hydrogen) atoms. The highest BCUT2D eigenvalue weighted by atomic mass is 16.3. The Labute approximate surface area is 150 Å². The predicted octanol–water partition coefficient (Wildman–Crippen LogP) is 4.35. The molecule has 3 N–H and O–H groups in total. The Bertz CT molecular complexity index is 801. The SMILES string of the molecule is CC1(C)CCC(C)(C)c2cc([N+](=CN)c3ccc(CO)cc3)ccc21. The van der Waals surface area contributed by atoms with Crippen LogP contribution in [0, 0.1) is 0 Å². The highest BCUT2D eigenvalue weighted by molar-refractivity contribution is 5.69. The van der Waals surface area contributed by atoms with Gasteiger partial charge < -0.3 is 5.11 Å². The molecular formula is C22H29N2O+. The minimum atomic E-state index is 0.0503. The first-order valence-electron chi connectivity index (χ1n) is 8.98. The molecule has 0 aromatic heterocycles. The lowest BCUT2D eigenvalue weighted by atomic mass is 9.63. The second-order valence-electron chi connectivity index (χ2n) is 8.34. The number of hydrogen-bond acceptors (Lipinski definition) is 1. The third-order valence-corrected chi connectivity index (χ3v) is 5.66. The van der Waals surface area contributed by atoms with Crippen molar-refractivity contribution in [3.05, 3.63) is 59.2 Å². The van der Waals surface area contributed by atoms with Crippen molar-refractivity contribution in [3.8, 4) is 0 Å². The van der Waals surface area contributed by atoms with Crippen LogP contribution in [0.4, 0.5) is 11.4 Å². The molecule has 0 saturated carbocycles. The summed E-state index contributed by atoms with van der Waals surface area (Å²) < 4.78 is 2.00. The lowest BCUT2D eigenvalue weighted by molar-refractivity contribution is 0.282. The van der Waals surface area contributed by atoms with Crippen molar-refractivity contribution in [1.82, 2.24) is 4.58 Å². The number of nitrogens with two attached hydrogens (primary N) is 1. The van der Waals surface area contributed by atoms with Crippen LogP contribution in [0.25, 0.3) is 0 Å². The van der Waals surface area contributed by atoms with Crippen molar-refractivity contribution < 1.29 is 5.11 Å². The van der Waals surface area contributed by atoms with Gasteiger partial charge in [0.05, 0.1) is 6.61 Å². The fourth-order valence-electron chi connectivity index (χ4n) is 3.81. The van der Waals surface area contributed by atoms with Gasteiger partial charge in [-0.1, -0.05) is 45.9 Å². The largest absolute Gasteiger partial charge is 0.392 e. The Balaban J connectivity index is 2.08. The van der Waals surface area contributed by atoms with Gasteiger partial charge in [-0.2, -0.15) is 4.58 Å². The number of fused-ring (bicyclic) bond motifs is 1.